The first kappa shape index (κ1) is 10.5. The fourth-order valence-corrected chi connectivity index (χ4v) is 2.62. The number of rotatable bonds is 4. The highest BCUT2D eigenvalue weighted by Crippen LogP contribution is 2.29. The molecule has 15 heavy (non-hydrogen) atoms. The van der Waals surface area contributed by atoms with Crippen LogP contribution in [0.2, 0.25) is 0 Å². The van der Waals surface area contributed by atoms with Crippen molar-refractivity contribution in [3.8, 4) is 5.75 Å². The van der Waals surface area contributed by atoms with E-state index >= 15 is 0 Å². The fraction of sp³-hybridized carbons (Fsp3) is 0.333. The van der Waals surface area contributed by atoms with Gasteiger partial charge in [0.1, 0.15) is 5.75 Å². The summed E-state index contributed by atoms with van der Waals surface area (Å²) in [4.78, 5) is 0. The molecule has 80 valence electrons. The van der Waals surface area contributed by atoms with Crippen molar-refractivity contribution in [2.45, 2.75) is 6.42 Å². The average molecular weight is 221 g/mol. The monoisotopic (exact) mass is 221 g/mol. The fourth-order valence-electron chi connectivity index (χ4n) is 1.64. The molecule has 0 bridgehead atoms. The van der Waals surface area contributed by atoms with Gasteiger partial charge in [-0.05, 0) is 54.5 Å². The molecule has 0 fully saturated rings. The molecule has 0 saturated carbocycles. The summed E-state index contributed by atoms with van der Waals surface area (Å²) in [7, 11) is 3.69. The molecule has 2 aromatic rings. The van der Waals surface area contributed by atoms with Gasteiger partial charge in [0, 0.05) is 4.70 Å². The van der Waals surface area contributed by atoms with E-state index in [0.717, 1.165) is 18.7 Å². The van der Waals surface area contributed by atoms with Crippen LogP contribution in [-0.4, -0.2) is 20.7 Å². The standard InChI is InChI=1S/C12H15NOS/c1-13-6-5-9-8-15-12-4-3-10(14-2)7-11(9)12/h3-4,7-8,13H,5-6H2,1-2H3. The van der Waals surface area contributed by atoms with Crippen molar-refractivity contribution < 1.29 is 4.74 Å². The lowest BCUT2D eigenvalue weighted by Gasteiger charge is -2.01. The first-order chi connectivity index (χ1) is 7.35. The first-order valence-electron chi connectivity index (χ1n) is 5.04. The lowest BCUT2D eigenvalue weighted by atomic mass is 10.1. The Balaban J connectivity index is 2.38. The summed E-state index contributed by atoms with van der Waals surface area (Å²) >= 11 is 1.80. The Morgan fingerprint density at radius 2 is 2.27 bits per heavy atom. The number of ether oxygens (including phenoxy) is 1. The number of thiophene rings is 1. The van der Waals surface area contributed by atoms with Crippen molar-refractivity contribution in [3.63, 3.8) is 0 Å². The highest BCUT2D eigenvalue weighted by Gasteiger charge is 2.04. The van der Waals surface area contributed by atoms with Crippen LogP contribution >= 0.6 is 11.3 Å². The maximum Gasteiger partial charge on any atom is 0.119 e. The quantitative estimate of drug-likeness (QED) is 0.857. The number of hydrogen-bond donors (Lipinski definition) is 1. The van der Waals surface area contributed by atoms with E-state index in [1.165, 1.54) is 15.6 Å². The first-order valence-corrected chi connectivity index (χ1v) is 5.92. The Kier molecular flexibility index (Phi) is 3.23. The maximum absolute atomic E-state index is 5.24. The molecular weight excluding hydrogens is 206 g/mol. The zero-order valence-electron chi connectivity index (χ0n) is 9.04. The number of hydrogen-bond acceptors (Lipinski definition) is 3. The van der Waals surface area contributed by atoms with Crippen molar-refractivity contribution in [1.29, 1.82) is 0 Å². The summed E-state index contributed by atoms with van der Waals surface area (Å²) in [6, 6.07) is 6.26. The molecule has 0 amide bonds. The molecule has 0 saturated heterocycles. The van der Waals surface area contributed by atoms with Gasteiger partial charge in [0.25, 0.3) is 0 Å². The van der Waals surface area contributed by atoms with E-state index in [4.69, 9.17) is 4.74 Å². The van der Waals surface area contributed by atoms with Gasteiger partial charge in [-0.25, -0.2) is 0 Å². The van der Waals surface area contributed by atoms with Gasteiger partial charge < -0.3 is 10.1 Å². The number of nitrogens with one attached hydrogen (secondary N) is 1. The van der Waals surface area contributed by atoms with Gasteiger partial charge in [-0.15, -0.1) is 11.3 Å². The van der Waals surface area contributed by atoms with Gasteiger partial charge in [0.05, 0.1) is 7.11 Å². The van der Waals surface area contributed by atoms with E-state index in [1.54, 1.807) is 18.4 Å². The number of methoxy groups -OCH3 is 1. The Labute approximate surface area is 93.9 Å². The van der Waals surface area contributed by atoms with Crippen LogP contribution in [0.5, 0.6) is 5.75 Å². The SMILES string of the molecule is CNCCc1csc2ccc(OC)cc12. The van der Waals surface area contributed by atoms with Gasteiger partial charge in [-0.3, -0.25) is 0 Å². The molecule has 0 radical (unpaired) electrons. The summed E-state index contributed by atoms with van der Waals surface area (Å²) in [5, 5.41) is 6.74. The molecule has 1 N–H and O–H groups in total. The van der Waals surface area contributed by atoms with Crippen LogP contribution in [0.4, 0.5) is 0 Å². The molecule has 0 aliphatic carbocycles. The van der Waals surface area contributed by atoms with Gasteiger partial charge in [0.15, 0.2) is 0 Å². The molecular formula is C12H15NOS. The molecule has 0 spiro atoms. The molecule has 1 aromatic heterocycles. The Morgan fingerprint density at radius 1 is 1.40 bits per heavy atom. The third-order valence-corrected chi connectivity index (χ3v) is 3.52. The predicted octanol–water partition coefficient (Wildman–Crippen LogP) is 2.67. The highest BCUT2D eigenvalue weighted by molar-refractivity contribution is 7.17. The van der Waals surface area contributed by atoms with Crippen molar-refractivity contribution in [3.05, 3.63) is 29.1 Å². The van der Waals surface area contributed by atoms with E-state index in [-0.39, 0.29) is 0 Å². The minimum atomic E-state index is 0.937. The van der Waals surface area contributed by atoms with E-state index in [1.807, 2.05) is 13.1 Å². The van der Waals surface area contributed by atoms with Gasteiger partial charge in [0.2, 0.25) is 0 Å². The number of benzene rings is 1. The zero-order valence-corrected chi connectivity index (χ0v) is 9.86. The second kappa shape index (κ2) is 4.64. The molecule has 1 aromatic carbocycles. The van der Waals surface area contributed by atoms with Crippen molar-refractivity contribution in [2.24, 2.45) is 0 Å². The van der Waals surface area contributed by atoms with Crippen LogP contribution in [0.25, 0.3) is 10.1 Å². The van der Waals surface area contributed by atoms with Crippen LogP contribution in [0.1, 0.15) is 5.56 Å². The number of likely N-dealkylation sites (N-methyl/N-ethyl adjacent to an activating group) is 1. The molecule has 2 nitrogen and oxygen atoms in total. The highest BCUT2D eigenvalue weighted by atomic mass is 32.1. The predicted molar refractivity (Wildman–Crippen MR) is 66.0 cm³/mol. The Hall–Kier alpha value is -1.06. The molecule has 1 heterocycles. The third-order valence-electron chi connectivity index (χ3n) is 2.51. The van der Waals surface area contributed by atoms with E-state index in [2.05, 4.69) is 22.8 Å². The van der Waals surface area contributed by atoms with Crippen LogP contribution in [0, 0.1) is 0 Å². The summed E-state index contributed by atoms with van der Waals surface area (Å²) in [6.45, 7) is 1.02. The normalized spacial score (nSPS) is 10.8. The van der Waals surface area contributed by atoms with Crippen molar-refractivity contribution >= 4 is 21.4 Å². The van der Waals surface area contributed by atoms with E-state index in [0.29, 0.717) is 0 Å². The van der Waals surface area contributed by atoms with Crippen molar-refractivity contribution in [1.82, 2.24) is 5.32 Å². The molecule has 0 unspecified atom stereocenters. The summed E-state index contributed by atoms with van der Waals surface area (Å²) in [6.07, 6.45) is 1.07. The molecule has 0 atom stereocenters. The van der Waals surface area contributed by atoms with Crippen LogP contribution in [0.3, 0.4) is 0 Å². The van der Waals surface area contributed by atoms with Crippen LogP contribution in [-0.2, 0) is 6.42 Å². The second-order valence-corrected chi connectivity index (χ2v) is 4.39. The van der Waals surface area contributed by atoms with Crippen LogP contribution in [0.15, 0.2) is 23.6 Å². The Bertz CT molecular complexity index is 450. The molecule has 2 rings (SSSR count). The largest absolute Gasteiger partial charge is 0.497 e. The molecule has 0 aliphatic rings. The second-order valence-electron chi connectivity index (χ2n) is 3.48. The third kappa shape index (κ3) is 2.13. The smallest absolute Gasteiger partial charge is 0.119 e. The molecule has 3 heteroatoms. The minimum absolute atomic E-state index is 0.937. The van der Waals surface area contributed by atoms with Gasteiger partial charge >= 0.3 is 0 Å². The average Bonchev–Trinajstić information content (AvgIpc) is 2.68. The molecule has 0 aliphatic heterocycles. The maximum atomic E-state index is 5.24. The van der Waals surface area contributed by atoms with Crippen molar-refractivity contribution in [2.75, 3.05) is 20.7 Å². The summed E-state index contributed by atoms with van der Waals surface area (Å²) < 4.78 is 6.58. The lowest BCUT2D eigenvalue weighted by Crippen LogP contribution is -2.09. The minimum Gasteiger partial charge on any atom is -0.497 e. The van der Waals surface area contributed by atoms with Crippen LogP contribution < -0.4 is 10.1 Å². The zero-order chi connectivity index (χ0) is 10.7. The van der Waals surface area contributed by atoms with E-state index < -0.39 is 0 Å². The van der Waals surface area contributed by atoms with E-state index in [9.17, 15) is 0 Å². The Morgan fingerprint density at radius 3 is 3.00 bits per heavy atom. The summed E-state index contributed by atoms with van der Waals surface area (Å²) in [5.41, 5.74) is 1.41. The van der Waals surface area contributed by atoms with Gasteiger partial charge in [-0.2, -0.15) is 0 Å². The summed E-state index contributed by atoms with van der Waals surface area (Å²) in [5.74, 6) is 0.937. The topological polar surface area (TPSA) is 21.3 Å². The van der Waals surface area contributed by atoms with Gasteiger partial charge in [-0.1, -0.05) is 0 Å². The number of fused-ring (bicyclic) bond motifs is 1. The lowest BCUT2D eigenvalue weighted by molar-refractivity contribution is 0.415.